The Hall–Kier alpha value is -3.09. The zero-order valence-electron chi connectivity index (χ0n) is 16.7. The van der Waals surface area contributed by atoms with Crippen LogP contribution in [0, 0.1) is 0 Å². The molecule has 2 N–H and O–H groups in total. The number of carbonyl (C=O) groups is 1. The van der Waals surface area contributed by atoms with E-state index in [1.165, 1.54) is 12.3 Å². The molecule has 0 atom stereocenters. The molecule has 3 rings (SSSR count). The van der Waals surface area contributed by atoms with E-state index >= 15 is 0 Å². The molecule has 0 spiro atoms. The van der Waals surface area contributed by atoms with E-state index in [0.717, 1.165) is 18.2 Å². The predicted octanol–water partition coefficient (Wildman–Crippen LogP) is 3.30. The molecule has 1 aromatic rings. The van der Waals surface area contributed by atoms with Gasteiger partial charge in [-0.15, -0.1) is 0 Å². The summed E-state index contributed by atoms with van der Waals surface area (Å²) < 4.78 is 104. The van der Waals surface area contributed by atoms with Crippen molar-refractivity contribution in [2.24, 2.45) is 4.99 Å². The number of benzene rings is 1. The number of dihydropyridines is 2. The number of halogens is 6. The van der Waals surface area contributed by atoms with Gasteiger partial charge in [0, 0.05) is 24.9 Å². The fraction of sp³-hybridized carbons (Fsp3) is 0.300. The summed E-state index contributed by atoms with van der Waals surface area (Å²) >= 11 is 0. The van der Waals surface area contributed by atoms with Crippen molar-refractivity contribution in [2.45, 2.75) is 23.7 Å². The monoisotopic (exact) mass is 493 g/mol. The Labute approximate surface area is 184 Å². The highest BCUT2D eigenvalue weighted by molar-refractivity contribution is 7.95. The molecule has 0 unspecified atom stereocenters. The molecule has 0 fully saturated rings. The van der Waals surface area contributed by atoms with Gasteiger partial charge in [-0.25, -0.2) is 8.42 Å². The number of nitrogens with zero attached hydrogens (tertiary/aromatic N) is 1. The highest BCUT2D eigenvalue weighted by atomic mass is 32.2. The maximum Gasteiger partial charge on any atom is 0.416 e. The molecule has 0 aliphatic carbocycles. The van der Waals surface area contributed by atoms with Crippen LogP contribution in [0.15, 0.2) is 68.1 Å². The summed E-state index contributed by atoms with van der Waals surface area (Å²) in [6, 6.07) is 3.09. The molecule has 13 heteroatoms. The number of allylic oxidation sites excluding steroid dienone is 2. The average molecular weight is 493 g/mol. The predicted molar refractivity (Wildman–Crippen MR) is 107 cm³/mol. The second-order valence-electron chi connectivity index (χ2n) is 7.02. The third-order valence-electron chi connectivity index (χ3n) is 4.71. The van der Waals surface area contributed by atoms with Gasteiger partial charge in [0.2, 0.25) is 9.84 Å². The van der Waals surface area contributed by atoms with Crippen LogP contribution in [0.3, 0.4) is 0 Å². The number of amides is 1. The Balaban J connectivity index is 2.12. The van der Waals surface area contributed by atoms with Crippen molar-refractivity contribution in [3.05, 3.63) is 63.7 Å². The Bertz CT molecular complexity index is 1180. The van der Waals surface area contributed by atoms with Crippen molar-refractivity contribution >= 4 is 22.0 Å². The molecular weight excluding hydrogens is 476 g/mol. The average Bonchev–Trinajstić information content (AvgIpc) is 2.76. The fourth-order valence-electron chi connectivity index (χ4n) is 3.25. The lowest BCUT2D eigenvalue weighted by Crippen LogP contribution is -2.40. The van der Waals surface area contributed by atoms with Gasteiger partial charge in [0.1, 0.15) is 12.2 Å². The van der Waals surface area contributed by atoms with Crippen molar-refractivity contribution in [2.75, 3.05) is 19.6 Å². The van der Waals surface area contributed by atoms with Gasteiger partial charge in [0.25, 0.3) is 5.91 Å². The van der Waals surface area contributed by atoms with Crippen molar-refractivity contribution in [3.8, 4) is 0 Å². The first-order valence-corrected chi connectivity index (χ1v) is 10.9. The smallest absolute Gasteiger partial charge is 0.377 e. The molecule has 0 radical (unpaired) electrons. The Kier molecular flexibility index (Phi) is 6.73. The number of sulfone groups is 1. The molecule has 1 aromatic carbocycles. The lowest BCUT2D eigenvalue weighted by Gasteiger charge is -2.25. The van der Waals surface area contributed by atoms with Gasteiger partial charge in [-0.1, -0.05) is 6.07 Å². The zero-order valence-corrected chi connectivity index (χ0v) is 17.5. The van der Waals surface area contributed by atoms with Gasteiger partial charge in [0.15, 0.2) is 0 Å². The van der Waals surface area contributed by atoms with E-state index in [9.17, 15) is 39.6 Å². The minimum Gasteiger partial charge on any atom is -0.377 e. The quantitative estimate of drug-likeness (QED) is 0.617. The van der Waals surface area contributed by atoms with Crippen LogP contribution in [0.4, 0.5) is 26.3 Å². The fourth-order valence-corrected chi connectivity index (χ4v) is 4.84. The number of nitrogens with one attached hydrogen (secondary N) is 2. The third-order valence-corrected chi connectivity index (χ3v) is 6.54. The van der Waals surface area contributed by atoms with E-state index in [1.807, 2.05) is 0 Å². The van der Waals surface area contributed by atoms with Crippen molar-refractivity contribution in [3.63, 3.8) is 0 Å². The van der Waals surface area contributed by atoms with E-state index in [0.29, 0.717) is 12.1 Å². The highest BCUT2D eigenvalue weighted by Gasteiger charge is 2.36. The van der Waals surface area contributed by atoms with Gasteiger partial charge in [-0.3, -0.25) is 9.79 Å². The van der Waals surface area contributed by atoms with Crippen molar-refractivity contribution < 1.29 is 39.6 Å². The minimum absolute atomic E-state index is 0.166. The molecule has 0 saturated carbocycles. The molecule has 2 heterocycles. The topological polar surface area (TPSA) is 87.6 Å². The number of hydrogen-bond acceptors (Lipinski definition) is 5. The molecule has 6 nitrogen and oxygen atoms in total. The van der Waals surface area contributed by atoms with Gasteiger partial charge >= 0.3 is 12.4 Å². The van der Waals surface area contributed by atoms with Crippen LogP contribution in [0.1, 0.15) is 12.0 Å². The van der Waals surface area contributed by atoms with Crippen LogP contribution < -0.4 is 10.6 Å². The molecule has 33 heavy (non-hydrogen) atoms. The van der Waals surface area contributed by atoms with Gasteiger partial charge in [0.05, 0.1) is 15.4 Å². The molecule has 178 valence electrons. The van der Waals surface area contributed by atoms with Crippen LogP contribution in [0.25, 0.3) is 0 Å². The maximum atomic E-state index is 13.3. The second kappa shape index (κ2) is 9.04. The largest absolute Gasteiger partial charge is 0.416 e. The second-order valence-corrected chi connectivity index (χ2v) is 8.94. The summed E-state index contributed by atoms with van der Waals surface area (Å²) in [4.78, 5) is 15.3. The number of alkyl halides is 6. The van der Waals surface area contributed by atoms with Crippen LogP contribution >= 0.6 is 0 Å². The summed E-state index contributed by atoms with van der Waals surface area (Å²) in [5.74, 6) is -1.20. The summed E-state index contributed by atoms with van der Waals surface area (Å²) in [6.45, 7) is -1.67. The standard InChI is InChI=1S/C20H17F6N3O3S/c21-19(22,23)11-29-18(30)17-16(12-4-7-27-8-5-12)15(6-9-28-17)33(31,32)14-3-1-2-13(10-14)20(24,25)26/h1-4,6-7,10,28H,5,8-9,11H2,(H,29,30). The molecule has 0 aromatic heterocycles. The molecule has 2 aliphatic rings. The third kappa shape index (κ3) is 5.64. The maximum absolute atomic E-state index is 13.3. The molecular formula is C20H17F6N3O3S. The van der Waals surface area contributed by atoms with Crippen molar-refractivity contribution in [1.29, 1.82) is 0 Å². The van der Waals surface area contributed by atoms with E-state index in [1.54, 1.807) is 5.32 Å². The summed E-state index contributed by atoms with van der Waals surface area (Å²) in [7, 11) is -4.58. The van der Waals surface area contributed by atoms with E-state index in [-0.39, 0.29) is 30.7 Å². The van der Waals surface area contributed by atoms with Crippen LogP contribution in [0.2, 0.25) is 0 Å². The van der Waals surface area contributed by atoms with Gasteiger partial charge in [-0.05, 0) is 42.3 Å². The van der Waals surface area contributed by atoms with E-state index < -0.39 is 55.7 Å². The first kappa shape index (κ1) is 24.6. The number of hydrogen-bond donors (Lipinski definition) is 2. The zero-order chi connectivity index (χ0) is 24.4. The van der Waals surface area contributed by atoms with Crippen molar-refractivity contribution in [1.82, 2.24) is 10.6 Å². The molecule has 0 saturated heterocycles. The molecule has 0 bridgehead atoms. The molecule has 1 amide bonds. The summed E-state index contributed by atoms with van der Waals surface area (Å²) in [5.41, 5.74) is -1.52. The van der Waals surface area contributed by atoms with E-state index in [4.69, 9.17) is 0 Å². The minimum atomic E-state index is -4.79. The SMILES string of the molecule is O=C(NCC(F)(F)F)C1=C(C2=CC=NCC2)C(S(=O)(=O)c2cccc(C(F)(F)F)c2)=CCN1. The highest BCUT2D eigenvalue weighted by Crippen LogP contribution is 2.37. The lowest BCUT2D eigenvalue weighted by atomic mass is 9.96. The Morgan fingerprint density at radius 3 is 2.48 bits per heavy atom. The van der Waals surface area contributed by atoms with Gasteiger partial charge < -0.3 is 10.6 Å². The van der Waals surface area contributed by atoms with Crippen LogP contribution in [-0.4, -0.2) is 46.4 Å². The van der Waals surface area contributed by atoms with Crippen LogP contribution in [0.5, 0.6) is 0 Å². The normalized spacial score (nSPS) is 17.3. The lowest BCUT2D eigenvalue weighted by molar-refractivity contribution is -0.137. The number of aliphatic imine (C=N–C) groups is 1. The van der Waals surface area contributed by atoms with E-state index in [2.05, 4.69) is 10.3 Å². The first-order valence-electron chi connectivity index (χ1n) is 9.46. The molecule has 2 aliphatic heterocycles. The summed E-state index contributed by atoms with van der Waals surface area (Å²) in [5, 5.41) is 4.27. The van der Waals surface area contributed by atoms with Crippen LogP contribution in [-0.2, 0) is 20.8 Å². The first-order chi connectivity index (χ1) is 15.3. The number of rotatable bonds is 5. The van der Waals surface area contributed by atoms with Gasteiger partial charge in [-0.2, -0.15) is 26.3 Å². The Morgan fingerprint density at radius 2 is 1.88 bits per heavy atom. The summed E-state index contributed by atoms with van der Waals surface area (Å²) in [6.07, 6.45) is -5.42. The Morgan fingerprint density at radius 1 is 1.15 bits per heavy atom. The number of carbonyl (C=O) groups excluding carboxylic acids is 1.